The van der Waals surface area contributed by atoms with E-state index in [2.05, 4.69) is 21.2 Å². The number of halogens is 1. The Morgan fingerprint density at radius 1 is 1.06 bits per heavy atom. The summed E-state index contributed by atoms with van der Waals surface area (Å²) < 4.78 is 0.996. The zero-order valence-corrected chi connectivity index (χ0v) is 11.2. The number of allylic oxidation sites excluding steroid dienone is 1. The summed E-state index contributed by atoms with van der Waals surface area (Å²) in [6.45, 7) is 0. The van der Waals surface area contributed by atoms with Crippen LogP contribution in [0.3, 0.4) is 0 Å². The standard InChI is InChI=1S/C15H12BrNO/c16-13-7-4-8-14(11-13)17-10-9-15(18)12-5-2-1-3-6-12/h1-11,17H/b10-9+. The first-order chi connectivity index (χ1) is 8.75. The number of rotatable bonds is 4. The van der Waals surface area contributed by atoms with Gasteiger partial charge in [-0.1, -0.05) is 52.3 Å². The molecule has 0 saturated carbocycles. The SMILES string of the molecule is O=C(/C=C/Nc1cccc(Br)c1)c1ccccc1. The Labute approximate surface area is 114 Å². The molecule has 0 aliphatic rings. The molecule has 0 fully saturated rings. The summed E-state index contributed by atoms with van der Waals surface area (Å²) in [5.74, 6) is -0.0157. The summed E-state index contributed by atoms with van der Waals surface area (Å²) >= 11 is 3.39. The topological polar surface area (TPSA) is 29.1 Å². The molecule has 18 heavy (non-hydrogen) atoms. The Morgan fingerprint density at radius 2 is 1.83 bits per heavy atom. The van der Waals surface area contributed by atoms with Gasteiger partial charge in [0, 0.05) is 28.0 Å². The lowest BCUT2D eigenvalue weighted by molar-refractivity contribution is 0.104. The third-order valence-corrected chi connectivity index (χ3v) is 2.86. The quantitative estimate of drug-likeness (QED) is 0.675. The van der Waals surface area contributed by atoms with Gasteiger partial charge in [0.05, 0.1) is 0 Å². The molecule has 0 aromatic heterocycles. The van der Waals surface area contributed by atoms with E-state index in [1.54, 1.807) is 18.3 Å². The van der Waals surface area contributed by atoms with E-state index >= 15 is 0 Å². The first-order valence-corrected chi connectivity index (χ1v) is 6.33. The second-order valence-electron chi connectivity index (χ2n) is 3.72. The number of anilines is 1. The van der Waals surface area contributed by atoms with Gasteiger partial charge in [0.1, 0.15) is 0 Å². The van der Waals surface area contributed by atoms with Gasteiger partial charge in [-0.15, -0.1) is 0 Å². The first kappa shape index (κ1) is 12.6. The van der Waals surface area contributed by atoms with Crippen molar-refractivity contribution in [1.29, 1.82) is 0 Å². The molecule has 0 radical (unpaired) electrons. The molecule has 0 spiro atoms. The van der Waals surface area contributed by atoms with Crippen LogP contribution in [0.2, 0.25) is 0 Å². The van der Waals surface area contributed by atoms with Crippen molar-refractivity contribution >= 4 is 27.4 Å². The van der Waals surface area contributed by atoms with Crippen molar-refractivity contribution in [2.45, 2.75) is 0 Å². The van der Waals surface area contributed by atoms with Crippen LogP contribution in [0.1, 0.15) is 10.4 Å². The molecule has 0 aliphatic carbocycles. The Morgan fingerprint density at radius 3 is 2.56 bits per heavy atom. The molecule has 0 heterocycles. The monoisotopic (exact) mass is 301 g/mol. The largest absolute Gasteiger partial charge is 0.362 e. The second kappa shape index (κ2) is 6.17. The zero-order valence-electron chi connectivity index (χ0n) is 9.64. The predicted molar refractivity (Wildman–Crippen MR) is 77.7 cm³/mol. The number of benzene rings is 2. The van der Waals surface area contributed by atoms with Gasteiger partial charge in [-0.2, -0.15) is 0 Å². The molecule has 3 heteroatoms. The second-order valence-corrected chi connectivity index (χ2v) is 4.63. The minimum absolute atomic E-state index is 0.0157. The first-order valence-electron chi connectivity index (χ1n) is 5.54. The van der Waals surface area contributed by atoms with Crippen LogP contribution < -0.4 is 5.32 Å². The van der Waals surface area contributed by atoms with Crippen molar-refractivity contribution in [2.75, 3.05) is 5.32 Å². The third-order valence-electron chi connectivity index (χ3n) is 2.37. The molecular formula is C15H12BrNO. The summed E-state index contributed by atoms with van der Waals surface area (Å²) in [4.78, 5) is 11.8. The van der Waals surface area contributed by atoms with Crippen LogP contribution in [-0.4, -0.2) is 5.78 Å². The summed E-state index contributed by atoms with van der Waals surface area (Å²) in [6.07, 6.45) is 3.17. The molecule has 1 N–H and O–H groups in total. The third kappa shape index (κ3) is 3.57. The van der Waals surface area contributed by atoms with Crippen LogP contribution >= 0.6 is 15.9 Å². The van der Waals surface area contributed by atoms with Gasteiger partial charge in [-0.05, 0) is 18.2 Å². The molecule has 0 atom stereocenters. The average molecular weight is 302 g/mol. The fraction of sp³-hybridized carbons (Fsp3) is 0. The van der Waals surface area contributed by atoms with E-state index in [1.165, 1.54) is 6.08 Å². The van der Waals surface area contributed by atoms with Crippen LogP contribution in [0.15, 0.2) is 71.3 Å². The number of hydrogen-bond donors (Lipinski definition) is 1. The highest BCUT2D eigenvalue weighted by Crippen LogP contribution is 2.15. The molecule has 0 aliphatic heterocycles. The van der Waals surface area contributed by atoms with Crippen molar-refractivity contribution in [1.82, 2.24) is 0 Å². The van der Waals surface area contributed by atoms with Crippen molar-refractivity contribution < 1.29 is 4.79 Å². The van der Waals surface area contributed by atoms with Crippen LogP contribution in [0, 0.1) is 0 Å². The maximum absolute atomic E-state index is 11.8. The van der Waals surface area contributed by atoms with Gasteiger partial charge >= 0.3 is 0 Å². The predicted octanol–water partition coefficient (Wildman–Crippen LogP) is 4.26. The van der Waals surface area contributed by atoms with Gasteiger partial charge in [-0.25, -0.2) is 0 Å². The molecule has 0 unspecified atom stereocenters. The average Bonchev–Trinajstić information content (AvgIpc) is 2.40. The molecule has 2 rings (SSSR count). The van der Waals surface area contributed by atoms with Gasteiger partial charge in [0.15, 0.2) is 5.78 Å². The highest BCUT2D eigenvalue weighted by molar-refractivity contribution is 9.10. The summed E-state index contributed by atoms with van der Waals surface area (Å²) in [6, 6.07) is 16.9. The number of ketones is 1. The number of hydrogen-bond acceptors (Lipinski definition) is 2. The van der Waals surface area contributed by atoms with Gasteiger partial charge in [-0.3, -0.25) is 4.79 Å². The fourth-order valence-corrected chi connectivity index (χ4v) is 1.89. The van der Waals surface area contributed by atoms with Gasteiger partial charge < -0.3 is 5.32 Å². The molecule has 2 aromatic rings. The molecule has 90 valence electrons. The van der Waals surface area contributed by atoms with Crippen molar-refractivity contribution in [2.24, 2.45) is 0 Å². The van der Waals surface area contributed by atoms with Crippen LogP contribution in [0.25, 0.3) is 0 Å². The highest BCUT2D eigenvalue weighted by Gasteiger charge is 1.98. The molecule has 0 amide bonds. The van der Waals surface area contributed by atoms with Crippen LogP contribution in [-0.2, 0) is 0 Å². The lowest BCUT2D eigenvalue weighted by Gasteiger charge is -2.00. The van der Waals surface area contributed by atoms with Crippen molar-refractivity contribution in [3.8, 4) is 0 Å². The minimum Gasteiger partial charge on any atom is -0.362 e. The van der Waals surface area contributed by atoms with Crippen molar-refractivity contribution in [3.63, 3.8) is 0 Å². The van der Waals surface area contributed by atoms with Crippen LogP contribution in [0.5, 0.6) is 0 Å². The number of carbonyl (C=O) groups is 1. The Bertz CT molecular complexity index is 564. The van der Waals surface area contributed by atoms with E-state index in [4.69, 9.17) is 0 Å². The summed E-state index contributed by atoms with van der Waals surface area (Å²) in [5.41, 5.74) is 1.62. The Balaban J connectivity index is 1.98. The van der Waals surface area contributed by atoms with Crippen molar-refractivity contribution in [3.05, 3.63) is 76.9 Å². The Hall–Kier alpha value is -1.87. The smallest absolute Gasteiger partial charge is 0.187 e. The molecule has 2 nitrogen and oxygen atoms in total. The lowest BCUT2D eigenvalue weighted by atomic mass is 10.1. The van der Waals surface area contributed by atoms with E-state index in [0.29, 0.717) is 5.56 Å². The van der Waals surface area contributed by atoms with E-state index in [1.807, 2.05) is 42.5 Å². The van der Waals surface area contributed by atoms with E-state index in [9.17, 15) is 4.79 Å². The Kier molecular flexibility index (Phi) is 4.31. The summed E-state index contributed by atoms with van der Waals surface area (Å²) in [5, 5.41) is 3.05. The summed E-state index contributed by atoms with van der Waals surface area (Å²) in [7, 11) is 0. The number of carbonyl (C=O) groups excluding carboxylic acids is 1. The molecule has 0 saturated heterocycles. The fourth-order valence-electron chi connectivity index (χ4n) is 1.49. The normalized spacial score (nSPS) is 10.5. The molecule has 2 aromatic carbocycles. The molecule has 0 bridgehead atoms. The van der Waals surface area contributed by atoms with E-state index in [-0.39, 0.29) is 5.78 Å². The van der Waals surface area contributed by atoms with Crippen LogP contribution in [0.4, 0.5) is 5.69 Å². The minimum atomic E-state index is -0.0157. The molecular weight excluding hydrogens is 290 g/mol. The van der Waals surface area contributed by atoms with Gasteiger partial charge in [0.2, 0.25) is 0 Å². The van der Waals surface area contributed by atoms with E-state index in [0.717, 1.165) is 10.2 Å². The maximum Gasteiger partial charge on any atom is 0.187 e. The van der Waals surface area contributed by atoms with E-state index < -0.39 is 0 Å². The highest BCUT2D eigenvalue weighted by atomic mass is 79.9. The number of nitrogens with one attached hydrogen (secondary N) is 1. The maximum atomic E-state index is 11.8. The zero-order chi connectivity index (χ0) is 12.8. The lowest BCUT2D eigenvalue weighted by Crippen LogP contribution is -1.95. The van der Waals surface area contributed by atoms with Gasteiger partial charge in [0.25, 0.3) is 0 Å².